The summed E-state index contributed by atoms with van der Waals surface area (Å²) in [7, 11) is 0. The van der Waals surface area contributed by atoms with E-state index in [4.69, 9.17) is 0 Å². The highest BCUT2D eigenvalue weighted by molar-refractivity contribution is 7.13. The third kappa shape index (κ3) is 4.07. The first kappa shape index (κ1) is 20.5. The Bertz CT molecular complexity index is 1130. The average Bonchev–Trinajstić information content (AvgIpc) is 3.32. The zero-order valence-corrected chi connectivity index (χ0v) is 17.4. The first-order chi connectivity index (χ1) is 14.4. The molecule has 0 saturated carbocycles. The lowest BCUT2D eigenvalue weighted by atomic mass is 9.97. The Morgan fingerprint density at radius 2 is 2.10 bits per heavy atom. The van der Waals surface area contributed by atoms with Gasteiger partial charge in [0.1, 0.15) is 16.6 Å². The van der Waals surface area contributed by atoms with Crippen molar-refractivity contribution in [1.82, 2.24) is 9.55 Å². The zero-order valence-electron chi connectivity index (χ0n) is 16.6. The number of carboxylic acids is 1. The van der Waals surface area contributed by atoms with Crippen LogP contribution in [0.3, 0.4) is 0 Å². The monoisotopic (exact) mass is 428 g/mol. The smallest absolute Gasteiger partial charge is 0.337 e. The van der Waals surface area contributed by atoms with Gasteiger partial charge in [0.2, 0.25) is 0 Å². The molecule has 3 aromatic rings. The lowest BCUT2D eigenvalue weighted by molar-refractivity contribution is 0.0696. The number of benzene rings is 1. The number of hydrogen-bond donors (Lipinski definition) is 1. The number of aromatic nitrogens is 2. The van der Waals surface area contributed by atoms with Crippen molar-refractivity contribution in [2.75, 3.05) is 0 Å². The van der Waals surface area contributed by atoms with E-state index in [-0.39, 0.29) is 11.1 Å². The molecule has 0 spiro atoms. The number of carboxylic acid groups (broad SMARTS) is 1. The van der Waals surface area contributed by atoms with Crippen molar-refractivity contribution in [3.63, 3.8) is 0 Å². The van der Waals surface area contributed by atoms with E-state index in [1.807, 2.05) is 4.57 Å². The van der Waals surface area contributed by atoms with Crippen molar-refractivity contribution in [1.29, 1.82) is 0 Å². The second-order valence-corrected chi connectivity index (χ2v) is 8.36. The number of carbonyl (C=O) groups is 1. The molecule has 0 saturated heterocycles. The molecule has 0 atom stereocenters. The predicted molar refractivity (Wildman–Crippen MR) is 114 cm³/mol. The quantitative estimate of drug-likeness (QED) is 0.459. The molecular weight excluding hydrogens is 406 g/mol. The summed E-state index contributed by atoms with van der Waals surface area (Å²) in [5.74, 6) is -2.29. The molecule has 1 N–H and O–H groups in total. The number of aromatic carboxylic acids is 1. The van der Waals surface area contributed by atoms with Gasteiger partial charge in [-0.05, 0) is 57.2 Å². The first-order valence-electron chi connectivity index (χ1n) is 9.96. The van der Waals surface area contributed by atoms with E-state index in [1.54, 1.807) is 18.4 Å². The SMILES string of the molecule is Cc1c(C(=O)O)cc(-c2csc(-c3ccc(F)cc3F)n2)n1CCC1=CCCCC1. The van der Waals surface area contributed by atoms with Gasteiger partial charge in [0, 0.05) is 29.2 Å². The molecule has 1 aliphatic rings. The molecule has 2 aromatic heterocycles. The van der Waals surface area contributed by atoms with Crippen molar-refractivity contribution in [3.8, 4) is 22.0 Å². The van der Waals surface area contributed by atoms with Crippen molar-refractivity contribution in [2.45, 2.75) is 45.6 Å². The molecule has 0 aliphatic heterocycles. The fourth-order valence-corrected chi connectivity index (χ4v) is 4.77. The maximum atomic E-state index is 14.2. The summed E-state index contributed by atoms with van der Waals surface area (Å²) < 4.78 is 29.4. The van der Waals surface area contributed by atoms with Crippen LogP contribution < -0.4 is 0 Å². The largest absolute Gasteiger partial charge is 0.478 e. The number of thiazole rings is 1. The van der Waals surface area contributed by atoms with Gasteiger partial charge < -0.3 is 9.67 Å². The minimum Gasteiger partial charge on any atom is -0.478 e. The summed E-state index contributed by atoms with van der Waals surface area (Å²) in [5, 5.41) is 11.8. The molecular formula is C23H22F2N2O2S. The van der Waals surface area contributed by atoms with Crippen LogP contribution >= 0.6 is 11.3 Å². The minimum atomic E-state index is -0.982. The van der Waals surface area contributed by atoms with E-state index in [2.05, 4.69) is 11.1 Å². The van der Waals surface area contributed by atoms with E-state index >= 15 is 0 Å². The van der Waals surface area contributed by atoms with Gasteiger partial charge in [-0.1, -0.05) is 11.6 Å². The summed E-state index contributed by atoms with van der Waals surface area (Å²) >= 11 is 1.25. The van der Waals surface area contributed by atoms with Crippen LogP contribution in [-0.2, 0) is 6.54 Å². The highest BCUT2D eigenvalue weighted by atomic mass is 32.1. The predicted octanol–water partition coefficient (Wildman–Crippen LogP) is 6.45. The lowest BCUT2D eigenvalue weighted by Gasteiger charge is -2.15. The van der Waals surface area contributed by atoms with E-state index in [1.165, 1.54) is 41.9 Å². The molecule has 156 valence electrons. The third-order valence-electron chi connectivity index (χ3n) is 5.57. The van der Waals surface area contributed by atoms with Crippen LogP contribution in [0.1, 0.15) is 48.2 Å². The number of allylic oxidation sites excluding steroid dienone is 2. The van der Waals surface area contributed by atoms with E-state index < -0.39 is 17.6 Å². The average molecular weight is 429 g/mol. The summed E-state index contributed by atoms with van der Waals surface area (Å²) in [5.41, 5.74) is 3.85. The Hall–Kier alpha value is -2.80. The second kappa shape index (κ2) is 8.52. The van der Waals surface area contributed by atoms with Gasteiger partial charge in [0.15, 0.2) is 0 Å². The van der Waals surface area contributed by atoms with Gasteiger partial charge in [-0.15, -0.1) is 11.3 Å². The summed E-state index contributed by atoms with van der Waals surface area (Å²) in [6.45, 7) is 2.47. The summed E-state index contributed by atoms with van der Waals surface area (Å²) in [4.78, 5) is 16.2. The maximum Gasteiger partial charge on any atom is 0.337 e. The molecule has 2 heterocycles. The molecule has 1 aromatic carbocycles. The molecule has 1 aliphatic carbocycles. The Labute approximate surface area is 177 Å². The molecule has 0 unspecified atom stereocenters. The summed E-state index contributed by atoms with van der Waals surface area (Å²) in [6, 6.07) is 5.04. The maximum absolute atomic E-state index is 14.2. The van der Waals surface area contributed by atoms with Crippen molar-refractivity contribution in [2.24, 2.45) is 0 Å². The molecule has 0 amide bonds. The number of nitrogens with zero attached hydrogens (tertiary/aromatic N) is 2. The fraction of sp³-hybridized carbons (Fsp3) is 0.304. The number of rotatable bonds is 6. The highest BCUT2D eigenvalue weighted by Gasteiger charge is 2.21. The van der Waals surface area contributed by atoms with Gasteiger partial charge in [0.25, 0.3) is 0 Å². The second-order valence-electron chi connectivity index (χ2n) is 7.51. The van der Waals surface area contributed by atoms with Crippen LogP contribution in [0, 0.1) is 18.6 Å². The Kier molecular flexibility index (Phi) is 5.81. The molecule has 4 rings (SSSR count). The van der Waals surface area contributed by atoms with Crippen LogP contribution in [-0.4, -0.2) is 20.6 Å². The van der Waals surface area contributed by atoms with E-state index in [0.717, 1.165) is 25.3 Å². The molecule has 7 heteroatoms. The third-order valence-corrected chi connectivity index (χ3v) is 6.44. The molecule has 0 bridgehead atoms. The van der Waals surface area contributed by atoms with Gasteiger partial charge in [-0.2, -0.15) is 0 Å². The minimum absolute atomic E-state index is 0.230. The Balaban J connectivity index is 1.69. The standard InChI is InChI=1S/C23H22F2N2O2S/c1-14-18(23(28)29)12-21(27(14)10-9-15-5-3-2-4-6-15)20-13-30-22(26-20)17-8-7-16(24)11-19(17)25/h5,7-8,11-13H,2-4,6,9-10H2,1H3,(H,28,29). The molecule has 0 radical (unpaired) electrons. The van der Waals surface area contributed by atoms with Gasteiger partial charge in [-0.3, -0.25) is 0 Å². The van der Waals surface area contributed by atoms with Crippen LogP contribution in [0.15, 0.2) is 41.3 Å². The molecule has 30 heavy (non-hydrogen) atoms. The van der Waals surface area contributed by atoms with Crippen molar-refractivity contribution in [3.05, 3.63) is 64.2 Å². The van der Waals surface area contributed by atoms with E-state index in [9.17, 15) is 18.7 Å². The van der Waals surface area contributed by atoms with Crippen molar-refractivity contribution >= 4 is 17.3 Å². The van der Waals surface area contributed by atoms with Gasteiger partial charge >= 0.3 is 5.97 Å². The Morgan fingerprint density at radius 3 is 2.80 bits per heavy atom. The van der Waals surface area contributed by atoms with E-state index in [0.29, 0.717) is 28.6 Å². The van der Waals surface area contributed by atoms with Crippen LogP contribution in [0.4, 0.5) is 8.78 Å². The first-order valence-corrected chi connectivity index (χ1v) is 10.8. The number of hydrogen-bond acceptors (Lipinski definition) is 3. The fourth-order valence-electron chi connectivity index (χ4n) is 3.93. The number of halogens is 2. The van der Waals surface area contributed by atoms with Gasteiger partial charge in [-0.25, -0.2) is 18.6 Å². The lowest BCUT2D eigenvalue weighted by Crippen LogP contribution is -2.06. The zero-order chi connectivity index (χ0) is 21.3. The topological polar surface area (TPSA) is 55.1 Å². The highest BCUT2D eigenvalue weighted by Crippen LogP contribution is 2.33. The summed E-state index contributed by atoms with van der Waals surface area (Å²) in [6.07, 6.45) is 7.77. The van der Waals surface area contributed by atoms with Crippen LogP contribution in [0.5, 0.6) is 0 Å². The van der Waals surface area contributed by atoms with Gasteiger partial charge in [0.05, 0.1) is 17.0 Å². The molecule has 0 fully saturated rings. The van der Waals surface area contributed by atoms with Crippen LogP contribution in [0.2, 0.25) is 0 Å². The van der Waals surface area contributed by atoms with Crippen LogP contribution in [0.25, 0.3) is 22.0 Å². The Morgan fingerprint density at radius 1 is 1.27 bits per heavy atom. The normalized spacial score (nSPS) is 14.0. The van der Waals surface area contributed by atoms with Crippen molar-refractivity contribution < 1.29 is 18.7 Å². The molecule has 4 nitrogen and oxygen atoms in total.